The molecule has 0 N–H and O–H groups in total. The SMILES string of the molecule is FC(F)(F)c1cc(Cl)c(CC=CCCl)c(Cl)c1. The van der Waals surface area contributed by atoms with E-state index in [1.807, 2.05) is 0 Å². The van der Waals surface area contributed by atoms with Crippen molar-refractivity contribution in [2.75, 3.05) is 5.88 Å². The van der Waals surface area contributed by atoms with Crippen LogP contribution in [-0.2, 0) is 12.6 Å². The number of hydrogen-bond donors (Lipinski definition) is 0. The molecule has 1 aromatic carbocycles. The Morgan fingerprint density at radius 1 is 1.06 bits per heavy atom. The molecule has 0 aliphatic heterocycles. The van der Waals surface area contributed by atoms with Crippen molar-refractivity contribution in [1.82, 2.24) is 0 Å². The topological polar surface area (TPSA) is 0 Å². The molecular weight excluding hydrogens is 295 g/mol. The molecule has 0 saturated carbocycles. The van der Waals surface area contributed by atoms with Crippen molar-refractivity contribution < 1.29 is 13.2 Å². The molecule has 0 aromatic heterocycles. The first-order chi connectivity index (χ1) is 7.86. The molecular formula is C11H8Cl3F3. The fourth-order valence-corrected chi connectivity index (χ4v) is 1.99. The standard InChI is InChI=1S/C11H8Cl3F3/c12-4-2-1-3-8-9(13)5-7(6-10(8)14)11(15,16)17/h1-2,5-6H,3-4H2. The van der Waals surface area contributed by atoms with Crippen molar-refractivity contribution in [1.29, 1.82) is 0 Å². The minimum absolute atomic E-state index is 0.00375. The highest BCUT2D eigenvalue weighted by Gasteiger charge is 2.31. The fraction of sp³-hybridized carbons (Fsp3) is 0.273. The Balaban J connectivity index is 3.07. The second kappa shape index (κ2) is 5.98. The molecule has 6 heteroatoms. The van der Waals surface area contributed by atoms with Crippen molar-refractivity contribution in [2.45, 2.75) is 12.6 Å². The Morgan fingerprint density at radius 2 is 1.59 bits per heavy atom. The average Bonchev–Trinajstić information content (AvgIpc) is 2.20. The van der Waals surface area contributed by atoms with E-state index in [0.29, 0.717) is 17.9 Å². The lowest BCUT2D eigenvalue weighted by molar-refractivity contribution is -0.137. The van der Waals surface area contributed by atoms with E-state index in [1.54, 1.807) is 12.2 Å². The highest BCUT2D eigenvalue weighted by atomic mass is 35.5. The molecule has 0 bridgehead atoms. The molecule has 1 aromatic rings. The molecule has 1 rings (SSSR count). The zero-order chi connectivity index (χ0) is 13.1. The van der Waals surface area contributed by atoms with Crippen LogP contribution in [0.25, 0.3) is 0 Å². The van der Waals surface area contributed by atoms with Gasteiger partial charge in [0.1, 0.15) is 0 Å². The zero-order valence-corrected chi connectivity index (χ0v) is 10.8. The van der Waals surface area contributed by atoms with E-state index in [9.17, 15) is 13.2 Å². The van der Waals surface area contributed by atoms with Crippen molar-refractivity contribution >= 4 is 34.8 Å². The molecule has 0 atom stereocenters. The Bertz CT molecular complexity index is 401. The first kappa shape index (κ1) is 14.7. The summed E-state index contributed by atoms with van der Waals surface area (Å²) in [5, 5.41) is 0.00750. The predicted octanol–water partition coefficient (Wildman–Crippen LogP) is 5.35. The number of allylic oxidation sites excluding steroid dienone is 2. The Morgan fingerprint density at radius 3 is 2.00 bits per heavy atom. The first-order valence-corrected chi connectivity index (χ1v) is 5.91. The molecule has 0 radical (unpaired) electrons. The lowest BCUT2D eigenvalue weighted by Crippen LogP contribution is -2.05. The van der Waals surface area contributed by atoms with Gasteiger partial charge >= 0.3 is 6.18 Å². The molecule has 0 aliphatic rings. The maximum absolute atomic E-state index is 12.4. The third-order valence-corrected chi connectivity index (χ3v) is 2.90. The lowest BCUT2D eigenvalue weighted by Gasteiger charge is -2.11. The molecule has 0 saturated heterocycles. The molecule has 0 heterocycles. The van der Waals surface area contributed by atoms with Crippen LogP contribution in [0.2, 0.25) is 10.0 Å². The van der Waals surface area contributed by atoms with Gasteiger partial charge in [-0.3, -0.25) is 0 Å². The molecule has 0 nitrogen and oxygen atoms in total. The van der Waals surface area contributed by atoms with Crippen LogP contribution in [0.3, 0.4) is 0 Å². The minimum atomic E-state index is -4.45. The van der Waals surface area contributed by atoms with Crippen LogP contribution in [0, 0.1) is 0 Å². The van der Waals surface area contributed by atoms with Gasteiger partial charge in [-0.2, -0.15) is 13.2 Å². The Kier molecular flexibility index (Phi) is 5.17. The van der Waals surface area contributed by atoms with Gasteiger partial charge in [-0.05, 0) is 24.1 Å². The summed E-state index contributed by atoms with van der Waals surface area (Å²) in [6, 6.07) is 1.74. The van der Waals surface area contributed by atoms with Crippen molar-refractivity contribution in [3.05, 3.63) is 45.5 Å². The Labute approximate surface area is 112 Å². The van der Waals surface area contributed by atoms with Crippen LogP contribution >= 0.6 is 34.8 Å². The van der Waals surface area contributed by atoms with E-state index >= 15 is 0 Å². The average molecular weight is 304 g/mol. The van der Waals surface area contributed by atoms with Crippen molar-refractivity contribution in [3.63, 3.8) is 0 Å². The number of halogens is 6. The number of rotatable bonds is 3. The smallest absolute Gasteiger partial charge is 0.166 e. The van der Waals surface area contributed by atoms with E-state index in [4.69, 9.17) is 34.8 Å². The summed E-state index contributed by atoms with van der Waals surface area (Å²) >= 11 is 17.0. The second-order valence-corrected chi connectivity index (χ2v) is 4.37. The van der Waals surface area contributed by atoms with E-state index in [1.165, 1.54) is 0 Å². The second-order valence-electron chi connectivity index (χ2n) is 3.25. The molecule has 0 spiro atoms. The molecule has 94 valence electrons. The van der Waals surface area contributed by atoms with Gasteiger partial charge < -0.3 is 0 Å². The highest BCUT2D eigenvalue weighted by Crippen LogP contribution is 2.36. The number of alkyl halides is 4. The minimum Gasteiger partial charge on any atom is -0.166 e. The molecule has 0 amide bonds. The van der Waals surface area contributed by atoms with Gasteiger partial charge in [0.05, 0.1) is 5.56 Å². The van der Waals surface area contributed by atoms with Crippen LogP contribution in [0.1, 0.15) is 11.1 Å². The van der Waals surface area contributed by atoms with Crippen LogP contribution in [-0.4, -0.2) is 5.88 Å². The zero-order valence-electron chi connectivity index (χ0n) is 8.49. The van der Waals surface area contributed by atoms with Crippen LogP contribution < -0.4 is 0 Å². The molecule has 0 aliphatic carbocycles. The van der Waals surface area contributed by atoms with E-state index < -0.39 is 11.7 Å². The summed E-state index contributed by atoms with van der Waals surface area (Å²) < 4.78 is 37.3. The maximum atomic E-state index is 12.4. The van der Waals surface area contributed by atoms with Gasteiger partial charge in [0.25, 0.3) is 0 Å². The van der Waals surface area contributed by atoms with Gasteiger partial charge in [0.15, 0.2) is 0 Å². The Hall–Kier alpha value is -0.380. The molecule has 0 fully saturated rings. The fourth-order valence-electron chi connectivity index (χ4n) is 1.23. The van der Waals surface area contributed by atoms with E-state index in [2.05, 4.69) is 0 Å². The summed E-state index contributed by atoms with van der Waals surface area (Å²) in [5.74, 6) is 0.329. The summed E-state index contributed by atoms with van der Waals surface area (Å²) in [6.07, 6.45) is -0.723. The van der Waals surface area contributed by atoms with Gasteiger partial charge in [0.2, 0.25) is 0 Å². The lowest BCUT2D eigenvalue weighted by atomic mass is 10.1. The van der Waals surface area contributed by atoms with Crippen LogP contribution in [0.15, 0.2) is 24.3 Å². The normalized spacial score (nSPS) is 12.4. The van der Waals surface area contributed by atoms with E-state index in [0.717, 1.165) is 12.1 Å². The predicted molar refractivity (Wildman–Crippen MR) is 65.0 cm³/mol. The van der Waals surface area contributed by atoms with Crippen molar-refractivity contribution in [2.24, 2.45) is 0 Å². The molecule has 0 unspecified atom stereocenters. The van der Waals surface area contributed by atoms with Crippen molar-refractivity contribution in [3.8, 4) is 0 Å². The summed E-state index contributed by atoms with van der Waals surface area (Å²) in [7, 11) is 0. The van der Waals surface area contributed by atoms with E-state index in [-0.39, 0.29) is 10.0 Å². The van der Waals surface area contributed by atoms with Gasteiger partial charge in [-0.15, -0.1) is 11.6 Å². The molecule has 17 heavy (non-hydrogen) atoms. The number of benzene rings is 1. The number of hydrogen-bond acceptors (Lipinski definition) is 0. The van der Waals surface area contributed by atoms with Gasteiger partial charge in [-0.1, -0.05) is 35.4 Å². The largest absolute Gasteiger partial charge is 0.416 e. The third kappa shape index (κ3) is 4.09. The quantitative estimate of drug-likeness (QED) is 0.521. The maximum Gasteiger partial charge on any atom is 0.416 e. The van der Waals surface area contributed by atoms with Gasteiger partial charge in [-0.25, -0.2) is 0 Å². The summed E-state index contributed by atoms with van der Waals surface area (Å²) in [4.78, 5) is 0. The third-order valence-electron chi connectivity index (χ3n) is 2.05. The first-order valence-electron chi connectivity index (χ1n) is 4.62. The van der Waals surface area contributed by atoms with Crippen LogP contribution in [0.5, 0.6) is 0 Å². The summed E-state index contributed by atoms with van der Waals surface area (Å²) in [5.41, 5.74) is -0.389. The summed E-state index contributed by atoms with van der Waals surface area (Å²) in [6.45, 7) is 0. The van der Waals surface area contributed by atoms with Gasteiger partial charge in [0, 0.05) is 15.9 Å². The highest BCUT2D eigenvalue weighted by molar-refractivity contribution is 6.36. The van der Waals surface area contributed by atoms with Crippen LogP contribution in [0.4, 0.5) is 13.2 Å². The monoisotopic (exact) mass is 302 g/mol.